The molecule has 9 heteroatoms. The van der Waals surface area contributed by atoms with Crippen molar-refractivity contribution < 1.29 is 9.53 Å². The van der Waals surface area contributed by atoms with Crippen LogP contribution in [-0.2, 0) is 13.5 Å². The van der Waals surface area contributed by atoms with Gasteiger partial charge in [0, 0.05) is 29.7 Å². The molecule has 2 heterocycles. The van der Waals surface area contributed by atoms with Gasteiger partial charge >= 0.3 is 0 Å². The predicted octanol–water partition coefficient (Wildman–Crippen LogP) is 3.57. The number of ether oxygens (including phenoxy) is 1. The van der Waals surface area contributed by atoms with Crippen LogP contribution in [0.1, 0.15) is 35.7 Å². The Morgan fingerprint density at radius 1 is 1.28 bits per heavy atom. The van der Waals surface area contributed by atoms with Gasteiger partial charge in [-0.15, -0.1) is 5.10 Å². The zero-order valence-corrected chi connectivity index (χ0v) is 18.3. The fraction of sp³-hybridized carbons (Fsp3) is 0.304. The molecule has 0 atom stereocenters. The third-order valence-electron chi connectivity index (χ3n) is 5.72. The number of nitrogens with zero attached hydrogens (tertiary/aromatic N) is 4. The van der Waals surface area contributed by atoms with Crippen LogP contribution in [-0.4, -0.2) is 44.0 Å². The summed E-state index contributed by atoms with van der Waals surface area (Å²) < 4.78 is 7.18. The number of nitrogens with one attached hydrogen (secondary N) is 3. The minimum absolute atomic E-state index is 0.117. The highest BCUT2D eigenvalue weighted by Gasteiger charge is 2.25. The van der Waals surface area contributed by atoms with Crippen molar-refractivity contribution in [2.75, 3.05) is 12.4 Å². The summed E-state index contributed by atoms with van der Waals surface area (Å²) in [7, 11) is 3.40. The molecule has 3 N–H and O–H groups in total. The fourth-order valence-electron chi connectivity index (χ4n) is 3.82. The number of hydrogen-bond acceptors (Lipinski definition) is 6. The molecule has 2 aromatic heterocycles. The first-order valence-corrected chi connectivity index (χ1v) is 10.7. The van der Waals surface area contributed by atoms with Crippen LogP contribution in [0.5, 0.6) is 5.75 Å². The number of amides is 1. The molecule has 1 aliphatic carbocycles. The molecule has 2 aromatic carbocycles. The molecule has 4 aromatic rings. The molecule has 0 spiro atoms. The van der Waals surface area contributed by atoms with Crippen molar-refractivity contribution in [3.05, 3.63) is 47.7 Å². The number of hydrogen-bond donors (Lipinski definition) is 3. The molecule has 0 saturated heterocycles. The van der Waals surface area contributed by atoms with Gasteiger partial charge in [0.2, 0.25) is 5.95 Å². The van der Waals surface area contributed by atoms with Gasteiger partial charge in [-0.2, -0.15) is 10.1 Å². The van der Waals surface area contributed by atoms with Crippen molar-refractivity contribution in [1.29, 1.82) is 0 Å². The van der Waals surface area contributed by atoms with Crippen molar-refractivity contribution in [3.8, 4) is 17.1 Å². The normalized spacial score (nSPS) is 13.3. The SMILES string of the molecule is CCc1c(Nc2nc(-c3ccc(C(=O)NC4CC4)c(OC)c3)nn2C)ccc2[nH]ncc12. The highest BCUT2D eigenvalue weighted by atomic mass is 16.5. The number of aryl methyl sites for hydroxylation is 2. The molecule has 0 aliphatic heterocycles. The highest BCUT2D eigenvalue weighted by Crippen LogP contribution is 2.30. The van der Waals surface area contributed by atoms with E-state index in [4.69, 9.17) is 4.74 Å². The van der Waals surface area contributed by atoms with E-state index in [1.165, 1.54) is 0 Å². The summed E-state index contributed by atoms with van der Waals surface area (Å²) in [6, 6.07) is 9.71. The van der Waals surface area contributed by atoms with Gasteiger partial charge in [0.25, 0.3) is 5.91 Å². The zero-order valence-electron chi connectivity index (χ0n) is 18.3. The first-order chi connectivity index (χ1) is 15.6. The van der Waals surface area contributed by atoms with Gasteiger partial charge in [0.15, 0.2) is 5.82 Å². The molecule has 0 radical (unpaired) electrons. The summed E-state index contributed by atoms with van der Waals surface area (Å²) in [5, 5.41) is 19.2. The lowest BCUT2D eigenvalue weighted by Gasteiger charge is -2.10. The van der Waals surface area contributed by atoms with Crippen LogP contribution in [0.15, 0.2) is 36.5 Å². The number of H-pyrrole nitrogens is 1. The third-order valence-corrected chi connectivity index (χ3v) is 5.72. The van der Waals surface area contributed by atoms with E-state index in [-0.39, 0.29) is 11.9 Å². The largest absolute Gasteiger partial charge is 0.496 e. The molecule has 5 rings (SSSR count). The Labute approximate surface area is 185 Å². The lowest BCUT2D eigenvalue weighted by Crippen LogP contribution is -2.25. The van der Waals surface area contributed by atoms with E-state index in [2.05, 4.69) is 37.8 Å². The van der Waals surface area contributed by atoms with E-state index >= 15 is 0 Å². The van der Waals surface area contributed by atoms with Gasteiger partial charge in [0.05, 0.1) is 24.4 Å². The maximum atomic E-state index is 12.5. The van der Waals surface area contributed by atoms with Gasteiger partial charge in [-0.25, -0.2) is 4.68 Å². The van der Waals surface area contributed by atoms with Crippen LogP contribution in [0.4, 0.5) is 11.6 Å². The Hall–Kier alpha value is -3.88. The van der Waals surface area contributed by atoms with E-state index in [9.17, 15) is 4.79 Å². The summed E-state index contributed by atoms with van der Waals surface area (Å²) in [5.41, 5.74) is 4.42. The smallest absolute Gasteiger partial charge is 0.255 e. The van der Waals surface area contributed by atoms with Crippen molar-refractivity contribution >= 4 is 28.4 Å². The Morgan fingerprint density at radius 3 is 2.88 bits per heavy atom. The monoisotopic (exact) mass is 431 g/mol. The molecule has 164 valence electrons. The van der Waals surface area contributed by atoms with Crippen molar-refractivity contribution in [2.24, 2.45) is 7.05 Å². The van der Waals surface area contributed by atoms with Crippen LogP contribution in [0.2, 0.25) is 0 Å². The fourth-order valence-corrected chi connectivity index (χ4v) is 3.82. The number of carbonyl (C=O) groups excluding carboxylic acids is 1. The van der Waals surface area contributed by atoms with E-state index in [1.54, 1.807) is 23.9 Å². The zero-order chi connectivity index (χ0) is 22.2. The van der Waals surface area contributed by atoms with E-state index in [0.29, 0.717) is 23.1 Å². The van der Waals surface area contributed by atoms with Crippen molar-refractivity contribution in [2.45, 2.75) is 32.2 Å². The van der Waals surface area contributed by atoms with Crippen LogP contribution < -0.4 is 15.4 Å². The first-order valence-electron chi connectivity index (χ1n) is 10.7. The standard InChI is InChI=1S/C23H25N7O2/c1-4-15-17-12-24-28-19(17)10-9-18(15)26-23-27-21(29-30(23)2)13-5-8-16(20(11-13)32-3)22(31)25-14-6-7-14/h5,8-12,14H,4,6-7H2,1-3H3,(H,24,28)(H,25,31)(H,26,27,29). The van der Waals surface area contributed by atoms with Crippen LogP contribution in [0.3, 0.4) is 0 Å². The lowest BCUT2D eigenvalue weighted by atomic mass is 10.1. The van der Waals surface area contributed by atoms with Gasteiger partial charge in [-0.3, -0.25) is 9.89 Å². The minimum atomic E-state index is -0.117. The van der Waals surface area contributed by atoms with E-state index in [1.807, 2.05) is 31.4 Å². The van der Waals surface area contributed by atoms with Gasteiger partial charge < -0.3 is 15.4 Å². The molecule has 1 aliphatic rings. The molecule has 1 amide bonds. The van der Waals surface area contributed by atoms with Crippen LogP contribution in [0.25, 0.3) is 22.3 Å². The maximum Gasteiger partial charge on any atom is 0.255 e. The maximum absolute atomic E-state index is 12.5. The highest BCUT2D eigenvalue weighted by molar-refractivity contribution is 5.98. The van der Waals surface area contributed by atoms with Crippen molar-refractivity contribution in [1.82, 2.24) is 30.3 Å². The predicted molar refractivity (Wildman–Crippen MR) is 122 cm³/mol. The van der Waals surface area contributed by atoms with Crippen LogP contribution in [0, 0.1) is 0 Å². The lowest BCUT2D eigenvalue weighted by molar-refractivity contribution is 0.0948. The minimum Gasteiger partial charge on any atom is -0.496 e. The molecule has 0 unspecified atom stereocenters. The number of fused-ring (bicyclic) bond motifs is 1. The topological polar surface area (TPSA) is 110 Å². The number of carbonyl (C=O) groups is 1. The summed E-state index contributed by atoms with van der Waals surface area (Å²) in [6.45, 7) is 2.11. The van der Waals surface area contributed by atoms with Crippen molar-refractivity contribution in [3.63, 3.8) is 0 Å². The summed E-state index contributed by atoms with van der Waals surface area (Å²) in [6.07, 6.45) is 4.76. The molecular weight excluding hydrogens is 406 g/mol. The molecule has 0 bridgehead atoms. The van der Waals surface area contributed by atoms with Gasteiger partial charge in [-0.05, 0) is 49.1 Å². The number of aromatic nitrogens is 5. The Morgan fingerprint density at radius 2 is 2.12 bits per heavy atom. The van der Waals surface area contributed by atoms with E-state index in [0.717, 1.165) is 47.0 Å². The molecule has 9 nitrogen and oxygen atoms in total. The number of aromatic amines is 1. The number of methoxy groups -OCH3 is 1. The van der Waals surface area contributed by atoms with E-state index < -0.39 is 0 Å². The second kappa shape index (κ2) is 7.99. The summed E-state index contributed by atoms with van der Waals surface area (Å²) in [4.78, 5) is 17.2. The molecule has 32 heavy (non-hydrogen) atoms. The number of benzene rings is 2. The van der Waals surface area contributed by atoms with Gasteiger partial charge in [-0.1, -0.05) is 13.0 Å². The van der Waals surface area contributed by atoms with Crippen LogP contribution >= 0.6 is 0 Å². The molecule has 1 fully saturated rings. The quantitative estimate of drug-likeness (QED) is 0.413. The molecular formula is C23H25N7O2. The number of rotatable bonds is 7. The Bertz CT molecular complexity index is 1300. The summed E-state index contributed by atoms with van der Waals surface area (Å²) >= 11 is 0. The Kier molecular flexibility index (Phi) is 5.01. The first kappa shape index (κ1) is 20.0. The third kappa shape index (κ3) is 3.66. The molecule has 1 saturated carbocycles. The number of anilines is 2. The Balaban J connectivity index is 1.44. The average molecular weight is 432 g/mol. The summed E-state index contributed by atoms with van der Waals surface area (Å²) in [5.74, 6) is 1.55. The second-order valence-electron chi connectivity index (χ2n) is 7.95. The second-order valence-corrected chi connectivity index (χ2v) is 7.95. The average Bonchev–Trinajstić information content (AvgIpc) is 3.35. The van der Waals surface area contributed by atoms with Gasteiger partial charge in [0.1, 0.15) is 5.75 Å².